The maximum Gasteiger partial charge on any atom is 0.173 e. The van der Waals surface area contributed by atoms with Crippen LogP contribution in [0.4, 0.5) is 5.69 Å². The summed E-state index contributed by atoms with van der Waals surface area (Å²) in [5, 5.41) is 13.1. The van der Waals surface area contributed by atoms with Crippen LogP contribution in [0.5, 0.6) is 0 Å². The smallest absolute Gasteiger partial charge is 0.173 e. The van der Waals surface area contributed by atoms with Crippen LogP contribution in [0.25, 0.3) is 0 Å². The van der Waals surface area contributed by atoms with Gasteiger partial charge in [0, 0.05) is 52.5 Å². The molecule has 0 bridgehead atoms. The zero-order valence-electron chi connectivity index (χ0n) is 20.6. The van der Waals surface area contributed by atoms with Gasteiger partial charge >= 0.3 is 0 Å². The number of nitrogens with zero attached hydrogens (tertiary/aromatic N) is 7. The van der Waals surface area contributed by atoms with E-state index >= 15 is 0 Å². The van der Waals surface area contributed by atoms with Gasteiger partial charge in [-0.25, -0.2) is 4.68 Å². The van der Waals surface area contributed by atoms with Crippen molar-refractivity contribution >= 4 is 5.69 Å². The molecule has 7 heteroatoms. The third-order valence-corrected chi connectivity index (χ3v) is 6.92. The summed E-state index contributed by atoms with van der Waals surface area (Å²) in [6.07, 6.45) is 0.960. The van der Waals surface area contributed by atoms with Gasteiger partial charge in [-0.1, -0.05) is 49.4 Å². The van der Waals surface area contributed by atoms with Crippen LogP contribution in [-0.4, -0.2) is 70.3 Å². The standard InChI is InChI=1S/C26H37N7/c1-6-26(2,3)33-25(27-28-29-33)24(22-12-14-23(15-13-22)30(4)5)32-18-16-31(17-19-32)20-21-10-8-7-9-11-21/h7-15,24H,6,16-20H2,1-5H3. The van der Waals surface area contributed by atoms with E-state index in [2.05, 4.69) is 120 Å². The minimum absolute atomic E-state index is 0.0286. The van der Waals surface area contributed by atoms with Gasteiger partial charge in [-0.15, -0.1) is 5.10 Å². The van der Waals surface area contributed by atoms with Crippen molar-refractivity contribution in [2.75, 3.05) is 45.2 Å². The van der Waals surface area contributed by atoms with E-state index in [0.717, 1.165) is 45.0 Å². The van der Waals surface area contributed by atoms with E-state index in [1.54, 1.807) is 0 Å². The lowest BCUT2D eigenvalue weighted by molar-refractivity contribution is 0.0973. The van der Waals surface area contributed by atoms with Gasteiger partial charge in [-0.05, 0) is 54.0 Å². The van der Waals surface area contributed by atoms with Crippen LogP contribution in [0, 0.1) is 0 Å². The zero-order chi connectivity index (χ0) is 23.4. The minimum Gasteiger partial charge on any atom is -0.378 e. The molecule has 0 amide bonds. The molecule has 1 atom stereocenters. The van der Waals surface area contributed by atoms with Crippen molar-refractivity contribution in [3.63, 3.8) is 0 Å². The van der Waals surface area contributed by atoms with Crippen molar-refractivity contribution in [2.24, 2.45) is 0 Å². The molecular formula is C26H37N7. The fourth-order valence-electron chi connectivity index (χ4n) is 4.44. The van der Waals surface area contributed by atoms with Crippen molar-refractivity contribution in [3.05, 3.63) is 71.5 Å². The summed E-state index contributed by atoms with van der Waals surface area (Å²) in [5.41, 5.74) is 3.66. The Hall–Kier alpha value is -2.77. The number of hydrogen-bond acceptors (Lipinski definition) is 6. The Morgan fingerprint density at radius 3 is 2.21 bits per heavy atom. The molecule has 1 saturated heterocycles. The molecule has 1 fully saturated rings. The Morgan fingerprint density at radius 2 is 1.61 bits per heavy atom. The molecule has 7 nitrogen and oxygen atoms in total. The highest BCUT2D eigenvalue weighted by molar-refractivity contribution is 5.47. The summed E-state index contributed by atoms with van der Waals surface area (Å²) in [7, 11) is 4.14. The normalized spacial score (nSPS) is 16.6. The van der Waals surface area contributed by atoms with Crippen LogP contribution >= 0.6 is 0 Å². The molecule has 1 aliphatic rings. The van der Waals surface area contributed by atoms with Gasteiger partial charge in [0.05, 0.1) is 11.6 Å². The van der Waals surface area contributed by atoms with E-state index in [9.17, 15) is 0 Å². The topological polar surface area (TPSA) is 53.3 Å². The Labute approximate surface area is 198 Å². The summed E-state index contributed by atoms with van der Waals surface area (Å²) >= 11 is 0. The van der Waals surface area contributed by atoms with Crippen LogP contribution in [0.3, 0.4) is 0 Å². The molecule has 176 valence electrons. The van der Waals surface area contributed by atoms with E-state index < -0.39 is 0 Å². The number of anilines is 1. The predicted octanol–water partition coefficient (Wildman–Crippen LogP) is 3.79. The third kappa shape index (κ3) is 5.25. The highest BCUT2D eigenvalue weighted by atomic mass is 15.6. The van der Waals surface area contributed by atoms with Crippen LogP contribution in [-0.2, 0) is 12.1 Å². The zero-order valence-corrected chi connectivity index (χ0v) is 20.6. The van der Waals surface area contributed by atoms with E-state index in [1.807, 2.05) is 4.68 Å². The summed E-state index contributed by atoms with van der Waals surface area (Å²) in [5.74, 6) is 0.927. The number of aromatic nitrogens is 4. The van der Waals surface area contributed by atoms with Gasteiger partial charge in [-0.2, -0.15) is 0 Å². The van der Waals surface area contributed by atoms with Gasteiger partial charge in [0.15, 0.2) is 5.82 Å². The second kappa shape index (κ2) is 10.0. The molecule has 2 heterocycles. The highest BCUT2D eigenvalue weighted by Crippen LogP contribution is 2.32. The molecule has 0 spiro atoms. The molecule has 4 rings (SSSR count). The summed E-state index contributed by atoms with van der Waals surface area (Å²) in [6, 6.07) is 19.6. The lowest BCUT2D eigenvalue weighted by atomic mass is 9.98. The first-order valence-corrected chi connectivity index (χ1v) is 12.0. The summed E-state index contributed by atoms with van der Waals surface area (Å²) < 4.78 is 2.04. The van der Waals surface area contributed by atoms with Gasteiger partial charge in [-0.3, -0.25) is 9.80 Å². The lowest BCUT2D eigenvalue weighted by Crippen LogP contribution is -2.48. The van der Waals surface area contributed by atoms with E-state index in [0.29, 0.717) is 0 Å². The molecule has 33 heavy (non-hydrogen) atoms. The molecule has 3 aromatic rings. The van der Waals surface area contributed by atoms with E-state index in [-0.39, 0.29) is 11.6 Å². The molecule has 0 radical (unpaired) electrons. The van der Waals surface area contributed by atoms with Crippen LogP contribution in [0.2, 0.25) is 0 Å². The monoisotopic (exact) mass is 447 g/mol. The van der Waals surface area contributed by atoms with Crippen molar-refractivity contribution in [1.82, 2.24) is 30.0 Å². The Balaban J connectivity index is 1.60. The average Bonchev–Trinajstić information content (AvgIpc) is 3.32. The lowest BCUT2D eigenvalue weighted by Gasteiger charge is -2.39. The van der Waals surface area contributed by atoms with Gasteiger partial charge < -0.3 is 4.90 Å². The van der Waals surface area contributed by atoms with E-state index in [4.69, 9.17) is 0 Å². The number of rotatable bonds is 8. The van der Waals surface area contributed by atoms with Crippen molar-refractivity contribution < 1.29 is 0 Å². The molecular weight excluding hydrogens is 410 g/mol. The van der Waals surface area contributed by atoms with Crippen molar-refractivity contribution in [3.8, 4) is 0 Å². The molecule has 1 aliphatic heterocycles. The first kappa shape index (κ1) is 23.4. The summed E-state index contributed by atoms with van der Waals surface area (Å²) in [4.78, 5) is 7.21. The van der Waals surface area contributed by atoms with Crippen molar-refractivity contribution in [1.29, 1.82) is 0 Å². The summed E-state index contributed by atoms with van der Waals surface area (Å²) in [6.45, 7) is 11.6. The molecule has 1 unspecified atom stereocenters. The fraction of sp³-hybridized carbons (Fsp3) is 0.500. The number of piperazine rings is 1. The Kier molecular flexibility index (Phi) is 7.10. The van der Waals surface area contributed by atoms with Gasteiger partial charge in [0.25, 0.3) is 0 Å². The van der Waals surface area contributed by atoms with Crippen LogP contribution in [0.1, 0.15) is 50.2 Å². The van der Waals surface area contributed by atoms with E-state index in [1.165, 1.54) is 16.8 Å². The second-order valence-electron chi connectivity index (χ2n) is 9.80. The SMILES string of the molecule is CCC(C)(C)n1nnnc1C(c1ccc(N(C)C)cc1)N1CCN(Cc2ccccc2)CC1. The Morgan fingerprint density at radius 1 is 0.939 bits per heavy atom. The molecule has 2 aromatic carbocycles. The van der Waals surface area contributed by atoms with Gasteiger partial charge in [0.1, 0.15) is 0 Å². The van der Waals surface area contributed by atoms with Gasteiger partial charge in [0.2, 0.25) is 0 Å². The first-order valence-electron chi connectivity index (χ1n) is 12.0. The molecule has 1 aromatic heterocycles. The van der Waals surface area contributed by atoms with Crippen LogP contribution < -0.4 is 4.90 Å². The predicted molar refractivity (Wildman–Crippen MR) is 133 cm³/mol. The minimum atomic E-state index is -0.143. The second-order valence-corrected chi connectivity index (χ2v) is 9.80. The third-order valence-electron chi connectivity index (χ3n) is 6.92. The molecule has 0 aliphatic carbocycles. The highest BCUT2D eigenvalue weighted by Gasteiger charge is 2.34. The largest absolute Gasteiger partial charge is 0.378 e. The number of benzene rings is 2. The van der Waals surface area contributed by atoms with Crippen molar-refractivity contribution in [2.45, 2.75) is 45.3 Å². The number of tetrazole rings is 1. The molecule has 0 N–H and O–H groups in total. The first-order chi connectivity index (χ1) is 15.9. The maximum absolute atomic E-state index is 4.56. The molecule has 0 saturated carbocycles. The quantitative estimate of drug-likeness (QED) is 0.524. The fourth-order valence-corrected chi connectivity index (χ4v) is 4.44. The van der Waals surface area contributed by atoms with Crippen LogP contribution in [0.15, 0.2) is 54.6 Å². The Bertz CT molecular complexity index is 1000. The average molecular weight is 448 g/mol. The number of hydrogen-bond donors (Lipinski definition) is 0. The maximum atomic E-state index is 4.56.